The number of hydrogen-bond acceptors (Lipinski definition) is 5. The number of piperidine rings is 1. The molecule has 126 valence electrons. The summed E-state index contributed by atoms with van der Waals surface area (Å²) >= 11 is 0. The van der Waals surface area contributed by atoms with Gasteiger partial charge in [0.05, 0.1) is 0 Å². The zero-order valence-corrected chi connectivity index (χ0v) is 13.5. The minimum Gasteiger partial charge on any atom is -0.350 e. The number of aryl methyl sites for hydroxylation is 1. The van der Waals surface area contributed by atoms with Gasteiger partial charge < -0.3 is 20.1 Å². The largest absolute Gasteiger partial charge is 0.350 e. The average molecular weight is 328 g/mol. The minimum absolute atomic E-state index is 0.0349. The first-order chi connectivity index (χ1) is 11.6. The molecule has 1 aliphatic heterocycles. The number of carbonyl (C=O) groups is 1. The van der Waals surface area contributed by atoms with Crippen molar-refractivity contribution in [1.29, 1.82) is 0 Å². The van der Waals surface area contributed by atoms with Crippen LogP contribution in [0.2, 0.25) is 0 Å². The predicted molar refractivity (Wildman–Crippen MR) is 91.1 cm³/mol. The van der Waals surface area contributed by atoms with Gasteiger partial charge in [0.15, 0.2) is 5.82 Å². The molecule has 1 fully saturated rings. The van der Waals surface area contributed by atoms with Crippen LogP contribution in [-0.4, -0.2) is 39.7 Å². The van der Waals surface area contributed by atoms with Gasteiger partial charge in [0.25, 0.3) is 5.56 Å². The van der Waals surface area contributed by atoms with Crippen molar-refractivity contribution in [2.45, 2.75) is 18.9 Å². The SMILES string of the molecule is Cn1ccnc(N2CCC[C@@H](NC(=O)Nc3ccncc3)C2)c1=O. The number of nitrogens with one attached hydrogen (secondary N) is 2. The Balaban J connectivity index is 1.62. The van der Waals surface area contributed by atoms with Crippen molar-refractivity contribution in [3.8, 4) is 0 Å². The highest BCUT2D eigenvalue weighted by Crippen LogP contribution is 2.14. The lowest BCUT2D eigenvalue weighted by molar-refractivity contribution is 0.246. The van der Waals surface area contributed by atoms with Crippen molar-refractivity contribution in [3.63, 3.8) is 0 Å². The molecule has 0 saturated carbocycles. The van der Waals surface area contributed by atoms with Crippen molar-refractivity contribution in [1.82, 2.24) is 19.9 Å². The third-order valence-electron chi connectivity index (χ3n) is 3.99. The summed E-state index contributed by atoms with van der Waals surface area (Å²) in [6.45, 7) is 1.33. The molecule has 2 aromatic rings. The van der Waals surface area contributed by atoms with Crippen LogP contribution in [0.15, 0.2) is 41.7 Å². The fraction of sp³-hybridized carbons (Fsp3) is 0.375. The molecule has 24 heavy (non-hydrogen) atoms. The van der Waals surface area contributed by atoms with Gasteiger partial charge in [-0.25, -0.2) is 9.78 Å². The fourth-order valence-electron chi connectivity index (χ4n) is 2.78. The highest BCUT2D eigenvalue weighted by Gasteiger charge is 2.24. The first kappa shape index (κ1) is 16.0. The molecule has 8 heteroatoms. The van der Waals surface area contributed by atoms with Crippen LogP contribution in [-0.2, 0) is 7.05 Å². The van der Waals surface area contributed by atoms with Gasteiger partial charge in [-0.15, -0.1) is 0 Å². The molecule has 0 spiro atoms. The number of urea groups is 1. The Labute approximate surface area is 139 Å². The van der Waals surface area contributed by atoms with E-state index in [0.29, 0.717) is 18.1 Å². The fourth-order valence-corrected chi connectivity index (χ4v) is 2.78. The lowest BCUT2D eigenvalue weighted by Gasteiger charge is -2.33. The lowest BCUT2D eigenvalue weighted by Crippen LogP contribution is -2.50. The van der Waals surface area contributed by atoms with E-state index in [4.69, 9.17) is 0 Å². The molecule has 1 aliphatic rings. The average Bonchev–Trinajstić information content (AvgIpc) is 2.58. The maximum absolute atomic E-state index is 12.2. The Hall–Kier alpha value is -2.90. The molecular weight excluding hydrogens is 308 g/mol. The summed E-state index contributed by atoms with van der Waals surface area (Å²) < 4.78 is 1.51. The predicted octanol–water partition coefficient (Wildman–Crippen LogP) is 0.966. The smallest absolute Gasteiger partial charge is 0.319 e. The summed E-state index contributed by atoms with van der Waals surface area (Å²) in [5, 5.41) is 5.73. The molecule has 2 amide bonds. The number of amides is 2. The van der Waals surface area contributed by atoms with Crippen LogP contribution in [0.5, 0.6) is 0 Å². The molecule has 0 bridgehead atoms. The molecule has 1 atom stereocenters. The maximum atomic E-state index is 12.2. The van der Waals surface area contributed by atoms with Gasteiger partial charge in [-0.1, -0.05) is 0 Å². The number of aromatic nitrogens is 3. The van der Waals surface area contributed by atoms with Crippen LogP contribution < -0.4 is 21.1 Å². The number of anilines is 2. The molecular formula is C16H20N6O2. The summed E-state index contributed by atoms with van der Waals surface area (Å²) in [7, 11) is 1.70. The zero-order chi connectivity index (χ0) is 16.9. The van der Waals surface area contributed by atoms with Crippen molar-refractivity contribution in [2.75, 3.05) is 23.3 Å². The van der Waals surface area contributed by atoms with Crippen molar-refractivity contribution in [2.24, 2.45) is 7.05 Å². The third-order valence-corrected chi connectivity index (χ3v) is 3.99. The van der Waals surface area contributed by atoms with Crippen molar-refractivity contribution in [3.05, 3.63) is 47.3 Å². The molecule has 3 heterocycles. The number of hydrogen-bond donors (Lipinski definition) is 2. The summed E-state index contributed by atoms with van der Waals surface area (Å²) in [5.74, 6) is 0.432. The molecule has 3 rings (SSSR count). The summed E-state index contributed by atoms with van der Waals surface area (Å²) in [6.07, 6.45) is 8.24. The Bertz CT molecular complexity index is 761. The van der Waals surface area contributed by atoms with Gasteiger partial charge in [-0.3, -0.25) is 9.78 Å². The van der Waals surface area contributed by atoms with Crippen LogP contribution in [0.1, 0.15) is 12.8 Å². The number of carbonyl (C=O) groups excluding carboxylic acids is 1. The van der Waals surface area contributed by atoms with Crippen molar-refractivity contribution < 1.29 is 4.79 Å². The van der Waals surface area contributed by atoms with Crippen LogP contribution in [0, 0.1) is 0 Å². The van der Waals surface area contributed by atoms with E-state index in [1.54, 1.807) is 44.0 Å². The van der Waals surface area contributed by atoms with Crippen LogP contribution in [0.3, 0.4) is 0 Å². The third kappa shape index (κ3) is 3.70. The van der Waals surface area contributed by atoms with E-state index >= 15 is 0 Å². The standard InChI is InChI=1S/C16H20N6O2/c1-21-10-8-18-14(15(21)23)22-9-2-3-13(11-22)20-16(24)19-12-4-6-17-7-5-12/h4-8,10,13H,2-3,9,11H2,1H3,(H2,17,19,20,24)/t13-/m1/s1. The van der Waals surface area contributed by atoms with Gasteiger partial charge in [0, 0.05) is 56.7 Å². The number of nitrogens with zero attached hydrogens (tertiary/aromatic N) is 4. The molecule has 2 aromatic heterocycles. The Morgan fingerprint density at radius 3 is 2.88 bits per heavy atom. The van der Waals surface area contributed by atoms with Gasteiger partial charge in [0.1, 0.15) is 0 Å². The second-order valence-corrected chi connectivity index (χ2v) is 5.79. The summed E-state index contributed by atoms with van der Waals surface area (Å²) in [4.78, 5) is 34.3. The highest BCUT2D eigenvalue weighted by molar-refractivity contribution is 5.89. The van der Waals surface area contributed by atoms with Gasteiger partial charge >= 0.3 is 6.03 Å². The van der Waals surface area contributed by atoms with E-state index in [1.165, 1.54) is 4.57 Å². The van der Waals surface area contributed by atoms with Crippen molar-refractivity contribution >= 4 is 17.5 Å². The van der Waals surface area contributed by atoms with Gasteiger partial charge in [-0.05, 0) is 25.0 Å². The van der Waals surface area contributed by atoms with E-state index in [-0.39, 0.29) is 17.6 Å². The van der Waals surface area contributed by atoms with Crippen LogP contribution in [0.4, 0.5) is 16.3 Å². The molecule has 8 nitrogen and oxygen atoms in total. The monoisotopic (exact) mass is 328 g/mol. The maximum Gasteiger partial charge on any atom is 0.319 e. The summed E-state index contributed by atoms with van der Waals surface area (Å²) in [5.41, 5.74) is 0.563. The number of pyridine rings is 1. The topological polar surface area (TPSA) is 92.2 Å². The Morgan fingerprint density at radius 2 is 2.08 bits per heavy atom. The first-order valence-electron chi connectivity index (χ1n) is 7.87. The van der Waals surface area contributed by atoms with E-state index in [0.717, 1.165) is 19.4 Å². The Morgan fingerprint density at radius 1 is 1.29 bits per heavy atom. The normalized spacial score (nSPS) is 17.4. The molecule has 0 radical (unpaired) electrons. The quantitative estimate of drug-likeness (QED) is 0.876. The lowest BCUT2D eigenvalue weighted by atomic mass is 10.1. The van der Waals surface area contributed by atoms with E-state index in [2.05, 4.69) is 20.6 Å². The van der Waals surface area contributed by atoms with E-state index in [1.807, 2.05) is 4.90 Å². The number of rotatable bonds is 3. The highest BCUT2D eigenvalue weighted by atomic mass is 16.2. The second-order valence-electron chi connectivity index (χ2n) is 5.79. The minimum atomic E-state index is -0.262. The molecule has 1 saturated heterocycles. The van der Waals surface area contributed by atoms with E-state index < -0.39 is 0 Å². The molecule has 0 aliphatic carbocycles. The van der Waals surface area contributed by atoms with Gasteiger partial charge in [-0.2, -0.15) is 0 Å². The zero-order valence-electron chi connectivity index (χ0n) is 13.5. The molecule has 0 unspecified atom stereocenters. The van der Waals surface area contributed by atoms with Gasteiger partial charge in [0.2, 0.25) is 0 Å². The van der Waals surface area contributed by atoms with Crippen LogP contribution in [0.25, 0.3) is 0 Å². The second kappa shape index (κ2) is 7.12. The molecule has 2 N–H and O–H groups in total. The van der Waals surface area contributed by atoms with E-state index in [9.17, 15) is 9.59 Å². The first-order valence-corrected chi connectivity index (χ1v) is 7.87. The molecule has 0 aromatic carbocycles. The Kier molecular flexibility index (Phi) is 4.74. The van der Waals surface area contributed by atoms with Crippen LogP contribution >= 0.6 is 0 Å². The summed E-state index contributed by atoms with van der Waals surface area (Å²) in [6, 6.07) is 3.16.